The van der Waals surface area contributed by atoms with Gasteiger partial charge in [0.05, 0.1) is 6.21 Å². The molecule has 1 heterocycles. The molecule has 0 saturated heterocycles. The number of benzene rings is 2. The van der Waals surface area contributed by atoms with E-state index >= 15 is 0 Å². The number of carbonyl (C=O) groups excluding carboxylic acids is 1. The second-order valence-electron chi connectivity index (χ2n) is 8.76. The molecule has 1 atom stereocenters. The summed E-state index contributed by atoms with van der Waals surface area (Å²) in [6, 6.07) is 14.4. The van der Waals surface area contributed by atoms with Gasteiger partial charge in [-0.1, -0.05) is 30.7 Å². The number of aryl methyl sites for hydroxylation is 1. The minimum Gasteiger partial charge on any atom is -0.364 e. The number of rotatable bonds is 4. The van der Waals surface area contributed by atoms with Gasteiger partial charge in [-0.3, -0.25) is 4.79 Å². The summed E-state index contributed by atoms with van der Waals surface area (Å²) in [7, 11) is 0. The summed E-state index contributed by atoms with van der Waals surface area (Å²) in [5.41, 5.74) is 8.14. The van der Waals surface area contributed by atoms with Crippen molar-refractivity contribution in [1.29, 1.82) is 0 Å². The maximum absolute atomic E-state index is 12.2. The number of anilines is 1. The molecule has 1 amide bonds. The van der Waals surface area contributed by atoms with Crippen LogP contribution in [0.1, 0.15) is 74.0 Å². The summed E-state index contributed by atoms with van der Waals surface area (Å²) in [6.45, 7) is 13.4. The van der Waals surface area contributed by atoms with Gasteiger partial charge >= 0.3 is 0 Å². The van der Waals surface area contributed by atoms with Crippen LogP contribution in [-0.4, -0.2) is 23.7 Å². The van der Waals surface area contributed by atoms with Gasteiger partial charge in [-0.25, -0.2) is 5.43 Å². The minimum atomic E-state index is -0.199. The molecule has 0 spiro atoms. The summed E-state index contributed by atoms with van der Waals surface area (Å²) in [4.78, 5) is 14.7. The minimum absolute atomic E-state index is 0.137. The highest BCUT2D eigenvalue weighted by Gasteiger charge is 2.37. The molecular weight excluding hydrogens is 346 g/mol. The van der Waals surface area contributed by atoms with Crippen molar-refractivity contribution in [1.82, 2.24) is 5.43 Å². The molecule has 1 aliphatic heterocycles. The van der Waals surface area contributed by atoms with Gasteiger partial charge in [0.1, 0.15) is 0 Å². The predicted molar refractivity (Wildman–Crippen MR) is 117 cm³/mol. The van der Waals surface area contributed by atoms with E-state index in [9.17, 15) is 4.79 Å². The molecule has 1 unspecified atom stereocenters. The van der Waals surface area contributed by atoms with Crippen LogP contribution >= 0.6 is 0 Å². The average molecular weight is 378 g/mol. The topological polar surface area (TPSA) is 44.7 Å². The maximum Gasteiger partial charge on any atom is 0.271 e. The Labute approximate surface area is 168 Å². The Morgan fingerprint density at radius 2 is 1.89 bits per heavy atom. The molecule has 0 aromatic heterocycles. The third-order valence-corrected chi connectivity index (χ3v) is 5.51. The highest BCUT2D eigenvalue weighted by atomic mass is 16.2. The molecule has 0 aliphatic carbocycles. The van der Waals surface area contributed by atoms with E-state index in [-0.39, 0.29) is 11.4 Å². The van der Waals surface area contributed by atoms with Crippen molar-refractivity contribution in [3.05, 3.63) is 64.7 Å². The summed E-state index contributed by atoms with van der Waals surface area (Å²) in [5.74, 6) is 0.283. The van der Waals surface area contributed by atoms with E-state index in [1.165, 1.54) is 11.3 Å². The lowest BCUT2D eigenvalue weighted by atomic mass is 9.79. The molecule has 2 aromatic carbocycles. The Bertz CT molecular complexity index is 881. The van der Waals surface area contributed by atoms with Crippen LogP contribution in [-0.2, 0) is 0 Å². The smallest absolute Gasteiger partial charge is 0.271 e. The molecule has 4 heteroatoms. The van der Waals surface area contributed by atoms with Crippen molar-refractivity contribution < 1.29 is 4.79 Å². The summed E-state index contributed by atoms with van der Waals surface area (Å²) < 4.78 is 0. The van der Waals surface area contributed by atoms with Gasteiger partial charge in [-0.05, 0) is 82.3 Å². The zero-order valence-corrected chi connectivity index (χ0v) is 17.8. The zero-order valence-electron chi connectivity index (χ0n) is 17.8. The van der Waals surface area contributed by atoms with Crippen molar-refractivity contribution in [3.63, 3.8) is 0 Å². The Kier molecular flexibility index (Phi) is 5.59. The van der Waals surface area contributed by atoms with Gasteiger partial charge in [-0.2, -0.15) is 5.10 Å². The first-order valence-corrected chi connectivity index (χ1v) is 10.0. The number of nitrogens with zero attached hydrogens (tertiary/aromatic N) is 2. The summed E-state index contributed by atoms with van der Waals surface area (Å²) in [6.07, 6.45) is 2.83. The second-order valence-corrected chi connectivity index (χ2v) is 8.76. The van der Waals surface area contributed by atoms with Crippen molar-refractivity contribution in [3.8, 4) is 0 Å². The number of hydrogen-bond donors (Lipinski definition) is 1. The lowest BCUT2D eigenvalue weighted by molar-refractivity contribution is 0.0955. The van der Waals surface area contributed by atoms with E-state index in [2.05, 4.69) is 68.2 Å². The van der Waals surface area contributed by atoms with Crippen LogP contribution in [0, 0.1) is 6.92 Å². The largest absolute Gasteiger partial charge is 0.364 e. The van der Waals surface area contributed by atoms with Crippen molar-refractivity contribution >= 4 is 17.8 Å². The van der Waals surface area contributed by atoms with Gasteiger partial charge in [-0.15, -0.1) is 0 Å². The van der Waals surface area contributed by atoms with Crippen LogP contribution in [0.3, 0.4) is 0 Å². The molecular formula is C24H31N3O. The van der Waals surface area contributed by atoms with Crippen molar-refractivity contribution in [2.24, 2.45) is 5.10 Å². The Balaban J connectivity index is 1.78. The molecule has 1 N–H and O–H groups in total. The van der Waals surface area contributed by atoms with E-state index < -0.39 is 0 Å². The third kappa shape index (κ3) is 4.11. The standard InChI is InChI=1S/C24H31N3O/c1-16(2)27-22-12-9-19(13-21(22)18(4)14-24(27,5)6)15-25-26-23(28)20-10-7-17(3)8-11-20/h7-13,15-16,18H,14H2,1-6H3,(H,26,28)/b25-15+. The zero-order chi connectivity index (χ0) is 20.5. The van der Waals surface area contributed by atoms with Crippen LogP contribution in [0.2, 0.25) is 0 Å². The molecule has 0 fully saturated rings. The maximum atomic E-state index is 12.2. The van der Waals surface area contributed by atoms with Crippen molar-refractivity contribution in [2.45, 2.75) is 65.5 Å². The third-order valence-electron chi connectivity index (χ3n) is 5.51. The van der Waals surface area contributed by atoms with E-state index in [1.807, 2.05) is 31.2 Å². The molecule has 148 valence electrons. The van der Waals surface area contributed by atoms with Gasteiger partial charge in [0.2, 0.25) is 0 Å². The van der Waals surface area contributed by atoms with Crippen LogP contribution in [0.25, 0.3) is 0 Å². The molecule has 0 radical (unpaired) electrons. The lowest BCUT2D eigenvalue weighted by Gasteiger charge is -2.50. The van der Waals surface area contributed by atoms with Gasteiger partial charge in [0, 0.05) is 22.8 Å². The molecule has 2 aromatic rings. The monoisotopic (exact) mass is 377 g/mol. The molecule has 3 rings (SSSR count). The van der Waals surface area contributed by atoms with E-state index in [0.29, 0.717) is 17.5 Å². The normalized spacial score (nSPS) is 18.4. The van der Waals surface area contributed by atoms with Gasteiger partial charge in [0.25, 0.3) is 5.91 Å². The molecule has 1 aliphatic rings. The number of fused-ring (bicyclic) bond motifs is 1. The van der Waals surface area contributed by atoms with E-state index in [4.69, 9.17) is 0 Å². The average Bonchev–Trinajstić information content (AvgIpc) is 2.61. The quantitative estimate of drug-likeness (QED) is 0.583. The SMILES string of the molecule is Cc1ccc(C(=O)N/N=C/c2ccc3c(c2)C(C)CC(C)(C)N3C(C)C)cc1. The van der Waals surface area contributed by atoms with Crippen LogP contribution in [0.4, 0.5) is 5.69 Å². The highest BCUT2D eigenvalue weighted by Crippen LogP contribution is 2.44. The van der Waals surface area contributed by atoms with Gasteiger partial charge < -0.3 is 4.90 Å². The number of carbonyl (C=O) groups is 1. The molecule has 28 heavy (non-hydrogen) atoms. The second kappa shape index (κ2) is 7.78. The number of hydrogen-bond acceptors (Lipinski definition) is 3. The first-order chi connectivity index (χ1) is 13.2. The van der Waals surface area contributed by atoms with E-state index in [0.717, 1.165) is 17.5 Å². The Morgan fingerprint density at radius 3 is 2.54 bits per heavy atom. The van der Waals surface area contributed by atoms with Crippen molar-refractivity contribution in [2.75, 3.05) is 4.90 Å². The lowest BCUT2D eigenvalue weighted by Crippen LogP contribution is -2.51. The predicted octanol–water partition coefficient (Wildman–Crippen LogP) is 5.26. The number of nitrogens with one attached hydrogen (secondary N) is 1. The van der Waals surface area contributed by atoms with Crippen LogP contribution in [0.5, 0.6) is 0 Å². The Morgan fingerprint density at radius 1 is 1.21 bits per heavy atom. The highest BCUT2D eigenvalue weighted by molar-refractivity contribution is 5.95. The molecule has 4 nitrogen and oxygen atoms in total. The Hall–Kier alpha value is -2.62. The first-order valence-electron chi connectivity index (χ1n) is 10.0. The van der Waals surface area contributed by atoms with Gasteiger partial charge in [0.15, 0.2) is 0 Å². The molecule has 0 bridgehead atoms. The fourth-order valence-corrected chi connectivity index (χ4v) is 4.46. The van der Waals surface area contributed by atoms with E-state index in [1.54, 1.807) is 6.21 Å². The first kappa shape index (κ1) is 20.1. The van der Waals surface area contributed by atoms with Crippen LogP contribution in [0.15, 0.2) is 47.6 Å². The fourth-order valence-electron chi connectivity index (χ4n) is 4.46. The number of amides is 1. The molecule has 0 saturated carbocycles. The fraction of sp³-hybridized carbons (Fsp3) is 0.417. The van der Waals surface area contributed by atoms with Crippen LogP contribution < -0.4 is 10.3 Å². The number of hydrazone groups is 1. The summed E-state index contributed by atoms with van der Waals surface area (Å²) in [5, 5.41) is 4.16. The summed E-state index contributed by atoms with van der Waals surface area (Å²) >= 11 is 0.